The molecule has 0 amide bonds. The van der Waals surface area contributed by atoms with Crippen molar-refractivity contribution in [1.82, 2.24) is 9.55 Å². The third-order valence-electron chi connectivity index (χ3n) is 4.85. The first-order valence-corrected chi connectivity index (χ1v) is 8.59. The lowest BCUT2D eigenvalue weighted by Crippen LogP contribution is -2.06. The van der Waals surface area contributed by atoms with Crippen LogP contribution in [0.3, 0.4) is 0 Å². The Kier molecular flexibility index (Phi) is 3.23. The van der Waals surface area contributed by atoms with Crippen molar-refractivity contribution in [3.05, 3.63) is 90.0 Å². The number of nitriles is 1. The van der Waals surface area contributed by atoms with Gasteiger partial charge in [-0.3, -0.25) is 0 Å². The molecule has 5 rings (SSSR count). The van der Waals surface area contributed by atoms with Gasteiger partial charge in [-0.05, 0) is 41.3 Å². The summed E-state index contributed by atoms with van der Waals surface area (Å²) in [5.74, 6) is 0.956. The maximum atomic E-state index is 9.25. The highest BCUT2D eigenvalue weighted by atomic mass is 15.1. The van der Waals surface area contributed by atoms with Gasteiger partial charge in [-0.15, -0.1) is 0 Å². The van der Waals surface area contributed by atoms with Crippen LogP contribution in [0.4, 0.5) is 0 Å². The van der Waals surface area contributed by atoms with Crippen molar-refractivity contribution in [3.63, 3.8) is 0 Å². The molecule has 3 aromatic carbocycles. The van der Waals surface area contributed by atoms with Crippen molar-refractivity contribution >= 4 is 21.8 Å². The van der Waals surface area contributed by atoms with E-state index in [0.717, 1.165) is 34.4 Å². The monoisotopic (exact) mass is 333 g/mol. The Morgan fingerprint density at radius 3 is 2.54 bits per heavy atom. The number of nitrogens with zero attached hydrogens (tertiary/aromatic N) is 3. The summed E-state index contributed by atoms with van der Waals surface area (Å²) in [5.41, 5.74) is 5.07. The fourth-order valence-corrected chi connectivity index (χ4v) is 3.61. The van der Waals surface area contributed by atoms with Gasteiger partial charge in [0.05, 0.1) is 22.7 Å². The number of benzene rings is 3. The Bertz CT molecular complexity index is 1260. The molecule has 122 valence electrons. The molecule has 0 radical (unpaired) electrons. The van der Waals surface area contributed by atoms with Crippen LogP contribution >= 0.6 is 0 Å². The van der Waals surface area contributed by atoms with Crippen LogP contribution in [0.2, 0.25) is 0 Å². The number of para-hydroxylation sites is 1. The number of rotatable bonds is 2. The molecule has 3 nitrogen and oxygen atoms in total. The van der Waals surface area contributed by atoms with Gasteiger partial charge in [-0.25, -0.2) is 4.98 Å². The van der Waals surface area contributed by atoms with Gasteiger partial charge in [0, 0.05) is 17.5 Å². The van der Waals surface area contributed by atoms with E-state index in [-0.39, 0.29) is 0 Å². The highest BCUT2D eigenvalue weighted by molar-refractivity contribution is 6.01. The smallest absolute Gasteiger partial charge is 0.142 e. The average molecular weight is 333 g/mol. The van der Waals surface area contributed by atoms with E-state index in [9.17, 15) is 5.26 Å². The maximum Gasteiger partial charge on any atom is 0.142 e. The normalized spacial score (nSPS) is 11.2. The summed E-state index contributed by atoms with van der Waals surface area (Å²) >= 11 is 0. The van der Waals surface area contributed by atoms with E-state index in [2.05, 4.69) is 65.2 Å². The van der Waals surface area contributed by atoms with Crippen LogP contribution in [0.15, 0.2) is 78.9 Å². The summed E-state index contributed by atoms with van der Waals surface area (Å²) in [4.78, 5) is 4.89. The zero-order valence-electron chi connectivity index (χ0n) is 14.1. The summed E-state index contributed by atoms with van der Waals surface area (Å²) in [6, 6.07) is 28.9. The van der Waals surface area contributed by atoms with E-state index in [1.165, 1.54) is 10.9 Å². The van der Waals surface area contributed by atoms with Gasteiger partial charge in [0.15, 0.2) is 0 Å². The Morgan fingerprint density at radius 2 is 1.69 bits per heavy atom. The Hall–Kier alpha value is -3.64. The SMILES string of the molecule is N#Cc1ccc2nc3n(Cc4ccccc4)c4ccccc4cc-3c2c1. The Labute approximate surface area is 151 Å². The topological polar surface area (TPSA) is 41.6 Å². The van der Waals surface area contributed by atoms with E-state index in [4.69, 9.17) is 4.98 Å². The van der Waals surface area contributed by atoms with Crippen molar-refractivity contribution in [2.24, 2.45) is 0 Å². The summed E-state index contributed by atoms with van der Waals surface area (Å²) in [5, 5.41) is 11.5. The lowest BCUT2D eigenvalue weighted by atomic mass is 10.0. The fourth-order valence-electron chi connectivity index (χ4n) is 3.61. The molecule has 0 saturated heterocycles. The van der Waals surface area contributed by atoms with Crippen LogP contribution in [-0.4, -0.2) is 9.55 Å². The summed E-state index contributed by atoms with van der Waals surface area (Å²) in [7, 11) is 0. The molecule has 2 heterocycles. The molecule has 0 bridgehead atoms. The second-order valence-corrected chi connectivity index (χ2v) is 6.47. The van der Waals surface area contributed by atoms with Crippen LogP contribution < -0.4 is 0 Å². The fraction of sp³-hybridized carbons (Fsp3) is 0.0435. The van der Waals surface area contributed by atoms with Gasteiger partial charge >= 0.3 is 0 Å². The van der Waals surface area contributed by atoms with E-state index >= 15 is 0 Å². The highest BCUT2D eigenvalue weighted by Gasteiger charge is 2.18. The molecule has 0 spiro atoms. The molecule has 26 heavy (non-hydrogen) atoms. The Balaban J connectivity index is 1.85. The molecule has 0 aromatic heterocycles. The minimum atomic E-state index is 0.662. The second-order valence-electron chi connectivity index (χ2n) is 6.47. The van der Waals surface area contributed by atoms with Crippen LogP contribution in [0.5, 0.6) is 0 Å². The van der Waals surface area contributed by atoms with Crippen molar-refractivity contribution < 1.29 is 0 Å². The third-order valence-corrected chi connectivity index (χ3v) is 4.85. The van der Waals surface area contributed by atoms with Crippen molar-refractivity contribution in [1.29, 1.82) is 5.26 Å². The van der Waals surface area contributed by atoms with Crippen molar-refractivity contribution in [2.45, 2.75) is 6.54 Å². The average Bonchev–Trinajstić information content (AvgIpc) is 3.06. The van der Waals surface area contributed by atoms with E-state index < -0.39 is 0 Å². The van der Waals surface area contributed by atoms with Crippen LogP contribution in [0, 0.1) is 11.3 Å². The minimum absolute atomic E-state index is 0.662. The van der Waals surface area contributed by atoms with Crippen molar-refractivity contribution in [2.75, 3.05) is 0 Å². The summed E-state index contributed by atoms with van der Waals surface area (Å²) in [6.07, 6.45) is 0. The summed E-state index contributed by atoms with van der Waals surface area (Å²) in [6.45, 7) is 0.757. The lowest BCUT2D eigenvalue weighted by molar-refractivity contribution is 0.822. The molecule has 2 aliphatic rings. The van der Waals surface area contributed by atoms with E-state index in [1.807, 2.05) is 24.3 Å². The van der Waals surface area contributed by atoms with Gasteiger partial charge in [0.1, 0.15) is 5.82 Å². The second kappa shape index (κ2) is 5.72. The number of aromatic nitrogens is 2. The zero-order valence-corrected chi connectivity index (χ0v) is 14.1. The van der Waals surface area contributed by atoms with Crippen LogP contribution in [-0.2, 0) is 6.54 Å². The molecule has 0 N–H and O–H groups in total. The molecule has 0 fully saturated rings. The summed E-state index contributed by atoms with van der Waals surface area (Å²) < 4.78 is 2.27. The van der Waals surface area contributed by atoms with Crippen LogP contribution in [0.1, 0.15) is 11.1 Å². The first-order valence-electron chi connectivity index (χ1n) is 8.59. The number of hydrogen-bond donors (Lipinski definition) is 0. The van der Waals surface area contributed by atoms with Crippen molar-refractivity contribution in [3.8, 4) is 17.5 Å². The van der Waals surface area contributed by atoms with Gasteiger partial charge in [0.2, 0.25) is 0 Å². The number of hydrogen-bond acceptors (Lipinski definition) is 2. The predicted octanol–water partition coefficient (Wildman–Crippen LogP) is 5.21. The standard InChI is InChI=1S/C23H15N3/c24-14-17-10-11-21-19(12-17)20-13-18-8-4-5-9-22(18)26(23(20)25-21)15-16-6-2-1-3-7-16/h1-13H,15H2. The molecule has 2 aliphatic heterocycles. The Morgan fingerprint density at radius 1 is 0.885 bits per heavy atom. The maximum absolute atomic E-state index is 9.25. The third kappa shape index (κ3) is 2.24. The molecular formula is C23H15N3. The molecule has 0 atom stereocenters. The quantitative estimate of drug-likeness (QED) is 0.445. The van der Waals surface area contributed by atoms with E-state index in [0.29, 0.717) is 5.56 Å². The minimum Gasteiger partial charge on any atom is -0.321 e. The van der Waals surface area contributed by atoms with E-state index in [1.54, 1.807) is 0 Å². The van der Waals surface area contributed by atoms with Crippen LogP contribution in [0.25, 0.3) is 33.2 Å². The first kappa shape index (κ1) is 14.7. The number of pyridine rings is 1. The molecule has 3 aromatic rings. The largest absolute Gasteiger partial charge is 0.321 e. The predicted molar refractivity (Wildman–Crippen MR) is 104 cm³/mol. The van der Waals surface area contributed by atoms with Gasteiger partial charge < -0.3 is 4.57 Å². The molecular weight excluding hydrogens is 318 g/mol. The zero-order chi connectivity index (χ0) is 17.5. The highest BCUT2D eigenvalue weighted by Crippen LogP contribution is 2.35. The molecule has 0 unspecified atom stereocenters. The van der Waals surface area contributed by atoms with Gasteiger partial charge in [-0.2, -0.15) is 5.26 Å². The number of fused-ring (bicyclic) bond motifs is 4. The van der Waals surface area contributed by atoms with Gasteiger partial charge in [0.25, 0.3) is 0 Å². The molecule has 3 heteroatoms. The molecule has 0 saturated carbocycles. The molecule has 0 aliphatic carbocycles. The first-order chi connectivity index (χ1) is 12.8. The lowest BCUT2D eigenvalue weighted by Gasteiger charge is -2.16. The van der Waals surface area contributed by atoms with Gasteiger partial charge in [-0.1, -0.05) is 48.5 Å².